The third-order valence-corrected chi connectivity index (χ3v) is 5.17. The van der Waals surface area contributed by atoms with Gasteiger partial charge in [-0.25, -0.2) is 4.79 Å². The number of rotatable bonds is 7. The molecule has 2 N–H and O–H groups in total. The van der Waals surface area contributed by atoms with Gasteiger partial charge in [0, 0.05) is 23.5 Å². The molecule has 0 aliphatic heterocycles. The Hall–Kier alpha value is -3.45. The Morgan fingerprint density at radius 3 is 2.29 bits per heavy atom. The molecule has 172 valence electrons. The van der Waals surface area contributed by atoms with Crippen LogP contribution in [-0.2, 0) is 0 Å². The van der Waals surface area contributed by atoms with Crippen LogP contribution in [-0.4, -0.2) is 57.6 Å². The predicted octanol–water partition coefficient (Wildman–Crippen LogP) is 5.50. The van der Waals surface area contributed by atoms with Crippen molar-refractivity contribution in [3.8, 4) is 28.0 Å². The van der Waals surface area contributed by atoms with E-state index in [1.54, 1.807) is 24.4 Å². The second-order valence-electron chi connectivity index (χ2n) is 8.01. The van der Waals surface area contributed by atoms with Crippen LogP contribution in [0.2, 0.25) is 0 Å². The molecule has 0 unspecified atom stereocenters. The molecule has 4 rings (SSSR count). The first-order valence-electron chi connectivity index (χ1n) is 10.9. The van der Waals surface area contributed by atoms with Crippen molar-refractivity contribution < 1.29 is 19.4 Å². The second kappa shape index (κ2) is 11.8. The van der Waals surface area contributed by atoms with Crippen molar-refractivity contribution in [2.75, 3.05) is 5.32 Å². The summed E-state index contributed by atoms with van der Waals surface area (Å²) in [6.07, 6.45) is 3.11. The van der Waals surface area contributed by atoms with Crippen LogP contribution in [0.15, 0.2) is 91.3 Å². The standard InChI is InChI=1S/C28H24N2O4.Na.H/c1-18(2)34-26-11-7-6-10-23(26)20-12-13-24(28(32)33)25(15-20)30-27(31)22-14-21(16-29-17-22)19-8-4-3-5-9-19;;/h3-18H,1-2H3,(H,30,31)(H,32,33);;. The number of aromatic nitrogens is 1. The van der Waals surface area contributed by atoms with E-state index in [2.05, 4.69) is 10.3 Å². The Morgan fingerprint density at radius 1 is 0.857 bits per heavy atom. The SMILES string of the molecule is CC(C)Oc1ccccc1-c1ccc(C(=O)O)c(NC(=O)c2cncc(-c3ccccc3)c2)c1.[NaH]. The van der Waals surface area contributed by atoms with Gasteiger partial charge >= 0.3 is 35.5 Å². The van der Waals surface area contributed by atoms with E-state index in [9.17, 15) is 14.7 Å². The van der Waals surface area contributed by atoms with Crippen molar-refractivity contribution >= 4 is 47.1 Å². The van der Waals surface area contributed by atoms with Gasteiger partial charge in [0.15, 0.2) is 0 Å². The number of pyridine rings is 1. The number of nitrogens with zero attached hydrogens (tertiary/aromatic N) is 1. The zero-order valence-corrected chi connectivity index (χ0v) is 18.9. The van der Waals surface area contributed by atoms with E-state index in [0.29, 0.717) is 11.3 Å². The number of hydrogen-bond donors (Lipinski definition) is 2. The maximum absolute atomic E-state index is 13.1. The fourth-order valence-corrected chi connectivity index (χ4v) is 3.61. The number of nitrogens with one attached hydrogen (secondary N) is 1. The van der Waals surface area contributed by atoms with Gasteiger partial charge in [-0.2, -0.15) is 0 Å². The number of ether oxygens (including phenoxy) is 1. The molecule has 1 heterocycles. The monoisotopic (exact) mass is 476 g/mol. The number of carbonyl (C=O) groups is 2. The molecule has 0 fully saturated rings. The number of hydrogen-bond acceptors (Lipinski definition) is 4. The third-order valence-electron chi connectivity index (χ3n) is 5.17. The summed E-state index contributed by atoms with van der Waals surface area (Å²) in [6.45, 7) is 3.88. The molecule has 0 spiro atoms. The first kappa shape index (κ1) is 26.2. The summed E-state index contributed by atoms with van der Waals surface area (Å²) in [6, 6.07) is 23.7. The van der Waals surface area contributed by atoms with Crippen molar-refractivity contribution in [1.29, 1.82) is 0 Å². The van der Waals surface area contributed by atoms with Crippen molar-refractivity contribution in [3.63, 3.8) is 0 Å². The van der Waals surface area contributed by atoms with Gasteiger partial charge in [0.25, 0.3) is 5.91 Å². The molecule has 1 amide bonds. The molecular weight excluding hydrogens is 451 g/mol. The molecular formula is C28H25N2NaO4. The van der Waals surface area contributed by atoms with Crippen LogP contribution < -0.4 is 10.1 Å². The van der Waals surface area contributed by atoms with Crippen LogP contribution in [0.25, 0.3) is 22.3 Å². The number of aromatic carboxylic acids is 1. The topological polar surface area (TPSA) is 88.5 Å². The fraction of sp³-hybridized carbons (Fsp3) is 0.107. The Labute approximate surface area is 226 Å². The summed E-state index contributed by atoms with van der Waals surface area (Å²) in [5.41, 5.74) is 3.77. The molecule has 3 aromatic carbocycles. The zero-order valence-electron chi connectivity index (χ0n) is 18.9. The van der Waals surface area contributed by atoms with Crippen LogP contribution in [0.1, 0.15) is 34.6 Å². The molecule has 0 radical (unpaired) electrons. The minimum absolute atomic E-state index is 0. The minimum atomic E-state index is -1.13. The van der Waals surface area contributed by atoms with E-state index in [4.69, 9.17) is 4.74 Å². The average molecular weight is 477 g/mol. The molecule has 0 saturated heterocycles. The van der Waals surface area contributed by atoms with Gasteiger partial charge in [0.1, 0.15) is 5.75 Å². The number of anilines is 1. The van der Waals surface area contributed by atoms with Gasteiger partial charge in [-0.15, -0.1) is 0 Å². The Kier molecular flexibility index (Phi) is 8.82. The Bertz CT molecular complexity index is 1340. The maximum atomic E-state index is 13.1. The first-order chi connectivity index (χ1) is 16.4. The predicted molar refractivity (Wildman–Crippen MR) is 139 cm³/mol. The molecule has 0 atom stereocenters. The van der Waals surface area contributed by atoms with Crippen LogP contribution in [0.4, 0.5) is 5.69 Å². The number of para-hydroxylation sites is 1. The number of amides is 1. The number of carboxylic acids is 1. The number of carbonyl (C=O) groups excluding carboxylic acids is 1. The molecule has 0 aliphatic carbocycles. The van der Waals surface area contributed by atoms with Gasteiger partial charge in [-0.1, -0.05) is 54.6 Å². The van der Waals surface area contributed by atoms with Gasteiger partial charge in [0.2, 0.25) is 0 Å². The Balaban J connectivity index is 0.00000342. The summed E-state index contributed by atoms with van der Waals surface area (Å²) in [5, 5.41) is 12.4. The number of benzene rings is 3. The molecule has 0 bridgehead atoms. The van der Waals surface area contributed by atoms with E-state index < -0.39 is 11.9 Å². The summed E-state index contributed by atoms with van der Waals surface area (Å²) < 4.78 is 5.91. The summed E-state index contributed by atoms with van der Waals surface area (Å²) in [4.78, 5) is 29.1. The third kappa shape index (κ3) is 6.36. The van der Waals surface area contributed by atoms with E-state index in [1.165, 1.54) is 12.3 Å². The van der Waals surface area contributed by atoms with Gasteiger partial charge in [0.05, 0.1) is 22.9 Å². The summed E-state index contributed by atoms with van der Waals surface area (Å²) in [5.74, 6) is -0.904. The van der Waals surface area contributed by atoms with Crippen LogP contribution in [0.5, 0.6) is 5.75 Å². The fourth-order valence-electron chi connectivity index (χ4n) is 3.61. The van der Waals surface area contributed by atoms with Crippen molar-refractivity contribution in [1.82, 2.24) is 4.98 Å². The van der Waals surface area contributed by atoms with Gasteiger partial charge in [-0.3, -0.25) is 9.78 Å². The van der Waals surface area contributed by atoms with Crippen LogP contribution >= 0.6 is 0 Å². The van der Waals surface area contributed by atoms with Crippen molar-refractivity contribution in [2.45, 2.75) is 20.0 Å². The quantitative estimate of drug-likeness (QED) is 0.344. The average Bonchev–Trinajstić information content (AvgIpc) is 2.84. The molecule has 7 heteroatoms. The van der Waals surface area contributed by atoms with E-state index in [1.807, 2.05) is 68.4 Å². The Morgan fingerprint density at radius 2 is 1.57 bits per heavy atom. The van der Waals surface area contributed by atoms with E-state index in [-0.39, 0.29) is 46.9 Å². The normalized spacial score (nSPS) is 10.4. The zero-order chi connectivity index (χ0) is 24.1. The van der Waals surface area contributed by atoms with Gasteiger partial charge in [-0.05, 0) is 49.2 Å². The van der Waals surface area contributed by atoms with Gasteiger partial charge < -0.3 is 15.2 Å². The number of carboxylic acid groups (broad SMARTS) is 1. The van der Waals surface area contributed by atoms with Crippen molar-refractivity contribution in [3.05, 3.63) is 102 Å². The van der Waals surface area contributed by atoms with E-state index >= 15 is 0 Å². The first-order valence-corrected chi connectivity index (χ1v) is 10.9. The molecule has 1 aromatic heterocycles. The molecule has 6 nitrogen and oxygen atoms in total. The van der Waals surface area contributed by atoms with Crippen molar-refractivity contribution in [2.24, 2.45) is 0 Å². The molecule has 0 aliphatic rings. The summed E-state index contributed by atoms with van der Waals surface area (Å²) >= 11 is 0. The van der Waals surface area contributed by atoms with Crippen LogP contribution in [0, 0.1) is 0 Å². The molecule has 35 heavy (non-hydrogen) atoms. The van der Waals surface area contributed by atoms with E-state index in [0.717, 1.165) is 22.3 Å². The molecule has 4 aromatic rings. The second-order valence-corrected chi connectivity index (χ2v) is 8.01. The van der Waals surface area contributed by atoms with Crippen LogP contribution in [0.3, 0.4) is 0 Å². The summed E-state index contributed by atoms with van der Waals surface area (Å²) in [7, 11) is 0. The molecule has 0 saturated carbocycles.